The van der Waals surface area contributed by atoms with E-state index in [2.05, 4.69) is 5.32 Å². The Labute approximate surface area is 176 Å². The molecule has 7 nitrogen and oxygen atoms in total. The van der Waals surface area contributed by atoms with E-state index in [1.54, 1.807) is 42.3 Å². The van der Waals surface area contributed by atoms with Crippen molar-refractivity contribution < 1.29 is 23.8 Å². The Bertz CT molecular complexity index is 899. The first-order valence-electron chi connectivity index (χ1n) is 10.3. The van der Waals surface area contributed by atoms with Gasteiger partial charge in [0.05, 0.1) is 25.4 Å². The quantitative estimate of drug-likeness (QED) is 0.719. The van der Waals surface area contributed by atoms with Gasteiger partial charge in [0, 0.05) is 12.6 Å². The molecule has 0 aliphatic carbocycles. The van der Waals surface area contributed by atoms with E-state index in [1.807, 2.05) is 26.0 Å². The van der Waals surface area contributed by atoms with E-state index in [0.29, 0.717) is 41.7 Å². The Morgan fingerprint density at radius 3 is 2.47 bits per heavy atom. The summed E-state index contributed by atoms with van der Waals surface area (Å²) < 4.78 is 17.4. The lowest BCUT2D eigenvalue weighted by molar-refractivity contribution is -0.127. The summed E-state index contributed by atoms with van der Waals surface area (Å²) in [6.07, 6.45) is 0.937. The molecule has 0 bridgehead atoms. The second-order valence-corrected chi connectivity index (χ2v) is 6.96. The van der Waals surface area contributed by atoms with Gasteiger partial charge >= 0.3 is 0 Å². The van der Waals surface area contributed by atoms with Gasteiger partial charge in [-0.15, -0.1) is 0 Å². The zero-order chi connectivity index (χ0) is 21.5. The van der Waals surface area contributed by atoms with E-state index in [4.69, 9.17) is 14.2 Å². The fourth-order valence-corrected chi connectivity index (χ4v) is 3.18. The molecule has 0 radical (unpaired) electrons. The second-order valence-electron chi connectivity index (χ2n) is 6.96. The predicted molar refractivity (Wildman–Crippen MR) is 115 cm³/mol. The molecule has 0 spiro atoms. The van der Waals surface area contributed by atoms with E-state index < -0.39 is 6.10 Å². The molecule has 1 atom stereocenters. The van der Waals surface area contributed by atoms with Crippen LogP contribution in [0, 0.1) is 0 Å². The van der Waals surface area contributed by atoms with Crippen molar-refractivity contribution in [3.8, 4) is 17.2 Å². The maximum atomic E-state index is 13.4. The number of para-hydroxylation sites is 2. The molecule has 7 heteroatoms. The molecule has 30 heavy (non-hydrogen) atoms. The van der Waals surface area contributed by atoms with Crippen LogP contribution in [0.5, 0.6) is 17.2 Å². The van der Waals surface area contributed by atoms with Crippen molar-refractivity contribution in [3.05, 3.63) is 48.0 Å². The summed E-state index contributed by atoms with van der Waals surface area (Å²) in [6.45, 7) is 5.27. The average Bonchev–Trinajstić information content (AvgIpc) is 2.79. The molecule has 160 valence electrons. The third-order valence-corrected chi connectivity index (χ3v) is 4.67. The van der Waals surface area contributed by atoms with Gasteiger partial charge < -0.3 is 24.4 Å². The first-order valence-corrected chi connectivity index (χ1v) is 10.3. The maximum absolute atomic E-state index is 13.4. The zero-order valence-electron chi connectivity index (χ0n) is 17.6. The van der Waals surface area contributed by atoms with Gasteiger partial charge in [-0.05, 0) is 43.2 Å². The van der Waals surface area contributed by atoms with E-state index in [0.717, 1.165) is 12.8 Å². The van der Waals surface area contributed by atoms with Gasteiger partial charge in [-0.1, -0.05) is 26.0 Å². The minimum absolute atomic E-state index is 0.120. The normalized spacial score (nSPS) is 15.0. The van der Waals surface area contributed by atoms with Crippen molar-refractivity contribution in [2.45, 2.75) is 32.8 Å². The highest BCUT2D eigenvalue weighted by Crippen LogP contribution is 2.35. The molecular weight excluding hydrogens is 384 g/mol. The number of likely N-dealkylation sites (N-methyl/N-ethyl adjacent to an activating group) is 1. The number of rotatable bonds is 8. The molecule has 2 aromatic carbocycles. The summed E-state index contributed by atoms with van der Waals surface area (Å²) in [5, 5.41) is 2.59. The Morgan fingerprint density at radius 2 is 1.77 bits per heavy atom. The van der Waals surface area contributed by atoms with Crippen LogP contribution in [-0.4, -0.2) is 44.7 Å². The summed E-state index contributed by atoms with van der Waals surface area (Å²) in [4.78, 5) is 27.2. The van der Waals surface area contributed by atoms with Gasteiger partial charge in [0.15, 0.2) is 17.6 Å². The lowest BCUT2D eigenvalue weighted by Crippen LogP contribution is -2.50. The Morgan fingerprint density at radius 1 is 1.07 bits per heavy atom. The Hall–Kier alpha value is -3.22. The SMILES string of the molecule is CCCOc1ccc(C(=O)N2C[C@H](C(=O)NC)Oc3ccccc32)cc1OCCC. The fourth-order valence-electron chi connectivity index (χ4n) is 3.18. The molecule has 1 heterocycles. The van der Waals surface area contributed by atoms with E-state index in [9.17, 15) is 9.59 Å². The summed E-state index contributed by atoms with van der Waals surface area (Å²) in [5.74, 6) is 1.14. The number of hydrogen-bond acceptors (Lipinski definition) is 5. The van der Waals surface area contributed by atoms with E-state index >= 15 is 0 Å². The summed E-state index contributed by atoms with van der Waals surface area (Å²) >= 11 is 0. The van der Waals surface area contributed by atoms with Crippen LogP contribution in [0.25, 0.3) is 0 Å². The van der Waals surface area contributed by atoms with Crippen LogP contribution >= 0.6 is 0 Å². The number of anilines is 1. The van der Waals surface area contributed by atoms with Crippen LogP contribution in [0.2, 0.25) is 0 Å². The monoisotopic (exact) mass is 412 g/mol. The molecule has 0 saturated heterocycles. The molecule has 0 unspecified atom stereocenters. The van der Waals surface area contributed by atoms with Crippen LogP contribution in [0.4, 0.5) is 5.69 Å². The lowest BCUT2D eigenvalue weighted by atomic mass is 10.1. The molecule has 1 N–H and O–H groups in total. The first-order chi connectivity index (χ1) is 14.6. The summed E-state index contributed by atoms with van der Waals surface area (Å²) in [7, 11) is 1.55. The van der Waals surface area contributed by atoms with Gasteiger partial charge in [-0.3, -0.25) is 9.59 Å². The number of hydrogen-bond donors (Lipinski definition) is 1. The molecule has 2 aromatic rings. The molecule has 0 aromatic heterocycles. The van der Waals surface area contributed by atoms with E-state index in [1.165, 1.54) is 0 Å². The molecule has 2 amide bonds. The van der Waals surface area contributed by atoms with Crippen LogP contribution in [-0.2, 0) is 4.79 Å². The number of benzene rings is 2. The van der Waals surface area contributed by atoms with Gasteiger partial charge in [0.25, 0.3) is 11.8 Å². The van der Waals surface area contributed by atoms with Crippen molar-refractivity contribution in [1.82, 2.24) is 5.32 Å². The third kappa shape index (κ3) is 4.67. The number of amides is 2. The number of nitrogens with zero attached hydrogens (tertiary/aromatic N) is 1. The average molecular weight is 412 g/mol. The lowest BCUT2D eigenvalue weighted by Gasteiger charge is -2.34. The van der Waals surface area contributed by atoms with Gasteiger partial charge in [-0.2, -0.15) is 0 Å². The molecule has 3 rings (SSSR count). The van der Waals surface area contributed by atoms with Gasteiger partial charge in [0.2, 0.25) is 0 Å². The fraction of sp³-hybridized carbons (Fsp3) is 0.391. The molecule has 1 aliphatic rings. The van der Waals surface area contributed by atoms with Crippen molar-refractivity contribution >= 4 is 17.5 Å². The first kappa shape index (κ1) is 21.5. The number of fused-ring (bicyclic) bond motifs is 1. The zero-order valence-corrected chi connectivity index (χ0v) is 17.6. The van der Waals surface area contributed by atoms with Crippen LogP contribution in [0.1, 0.15) is 37.0 Å². The predicted octanol–water partition coefficient (Wildman–Crippen LogP) is 3.42. The molecule has 1 aliphatic heterocycles. The van der Waals surface area contributed by atoms with Gasteiger partial charge in [0.1, 0.15) is 5.75 Å². The van der Waals surface area contributed by atoms with Crippen molar-refractivity contribution in [3.63, 3.8) is 0 Å². The largest absolute Gasteiger partial charge is 0.490 e. The Kier molecular flexibility index (Phi) is 7.17. The van der Waals surface area contributed by atoms with E-state index in [-0.39, 0.29) is 18.4 Å². The smallest absolute Gasteiger partial charge is 0.262 e. The van der Waals surface area contributed by atoms with Gasteiger partial charge in [-0.25, -0.2) is 0 Å². The molecule has 0 saturated carbocycles. The van der Waals surface area contributed by atoms with Crippen LogP contribution in [0.15, 0.2) is 42.5 Å². The summed E-state index contributed by atoms with van der Waals surface area (Å²) in [6, 6.07) is 12.4. The number of nitrogens with one attached hydrogen (secondary N) is 1. The number of ether oxygens (including phenoxy) is 3. The minimum Gasteiger partial charge on any atom is -0.490 e. The third-order valence-electron chi connectivity index (χ3n) is 4.67. The standard InChI is InChI=1S/C23H28N2O5/c1-4-12-28-19-11-10-16(14-20(19)29-13-5-2)23(27)25-15-21(22(26)24-3)30-18-9-7-6-8-17(18)25/h6-11,14,21H,4-5,12-13,15H2,1-3H3,(H,24,26)/t21-/m1/s1. The summed E-state index contributed by atoms with van der Waals surface area (Å²) in [5.41, 5.74) is 1.09. The highest BCUT2D eigenvalue weighted by molar-refractivity contribution is 6.08. The maximum Gasteiger partial charge on any atom is 0.262 e. The Balaban J connectivity index is 1.93. The second kappa shape index (κ2) is 10.0. The highest BCUT2D eigenvalue weighted by atomic mass is 16.5. The minimum atomic E-state index is -0.781. The highest BCUT2D eigenvalue weighted by Gasteiger charge is 2.34. The number of carbonyl (C=O) groups excluding carboxylic acids is 2. The van der Waals surface area contributed by atoms with Crippen molar-refractivity contribution in [2.24, 2.45) is 0 Å². The topological polar surface area (TPSA) is 77.1 Å². The van der Waals surface area contributed by atoms with Crippen LogP contribution in [0.3, 0.4) is 0 Å². The van der Waals surface area contributed by atoms with Crippen molar-refractivity contribution in [2.75, 3.05) is 31.7 Å². The molecule has 0 fully saturated rings. The van der Waals surface area contributed by atoms with Crippen molar-refractivity contribution in [1.29, 1.82) is 0 Å². The number of carbonyl (C=O) groups is 2. The molecular formula is C23H28N2O5. The van der Waals surface area contributed by atoms with Crippen LogP contribution < -0.4 is 24.4 Å².